The molecule has 0 saturated heterocycles. The molecule has 0 aliphatic carbocycles. The molecule has 0 aromatic heterocycles. The minimum absolute atomic E-state index is 0.484. The van der Waals surface area contributed by atoms with E-state index in [0.29, 0.717) is 12.3 Å². The molecule has 1 aliphatic heterocycles. The molecular formula is C29H33NO4. The monoisotopic (exact) mass is 459 g/mol. The number of nitrogens with one attached hydrogen (secondary N) is 1. The lowest BCUT2D eigenvalue weighted by molar-refractivity contribution is 0.0635. The highest BCUT2D eigenvalue weighted by Crippen LogP contribution is 2.48. The Morgan fingerprint density at radius 2 is 1.65 bits per heavy atom. The molecule has 0 saturated carbocycles. The summed E-state index contributed by atoms with van der Waals surface area (Å²) in [4.78, 5) is 12.3. The number of benzene rings is 3. The zero-order valence-corrected chi connectivity index (χ0v) is 21.0. The number of rotatable bonds is 4. The van der Waals surface area contributed by atoms with Crippen LogP contribution in [0.15, 0.2) is 54.6 Å². The van der Waals surface area contributed by atoms with E-state index in [9.17, 15) is 4.79 Å². The first-order chi connectivity index (χ1) is 15.9. The number of carbonyl (C=O) groups is 1. The quantitative estimate of drug-likeness (QED) is 0.438. The number of amides is 1. The summed E-state index contributed by atoms with van der Waals surface area (Å²) in [5.74, 6) is 1.58. The second-order valence-electron chi connectivity index (χ2n) is 10.3. The first-order valence-electron chi connectivity index (χ1n) is 11.6. The topological polar surface area (TPSA) is 56.8 Å². The third kappa shape index (κ3) is 5.04. The highest BCUT2D eigenvalue weighted by atomic mass is 16.6. The summed E-state index contributed by atoms with van der Waals surface area (Å²) in [6, 6.07) is 18.3. The maximum absolute atomic E-state index is 12.3. The van der Waals surface area contributed by atoms with Gasteiger partial charge in [-0.25, -0.2) is 4.79 Å². The van der Waals surface area contributed by atoms with Crippen molar-refractivity contribution in [1.29, 1.82) is 0 Å². The van der Waals surface area contributed by atoms with Gasteiger partial charge in [0.2, 0.25) is 0 Å². The van der Waals surface area contributed by atoms with Crippen molar-refractivity contribution in [3.05, 3.63) is 76.9 Å². The lowest BCUT2D eigenvalue weighted by Crippen LogP contribution is -2.30. The first kappa shape index (κ1) is 23.7. The van der Waals surface area contributed by atoms with E-state index >= 15 is 0 Å². The van der Waals surface area contributed by atoms with Crippen LogP contribution >= 0.6 is 0 Å². The minimum Gasteiger partial charge on any atom is -0.489 e. The SMILES string of the molecule is Cc1cc2c(cc1NC(=O)OC(C)(C)C)OC(C)(C)c1cc(OCc3ccccc3)c(C)cc1-2. The molecule has 0 atom stereocenters. The molecule has 4 rings (SSSR count). The van der Waals surface area contributed by atoms with Gasteiger partial charge in [0.05, 0.1) is 5.69 Å². The average molecular weight is 460 g/mol. The van der Waals surface area contributed by atoms with Crippen molar-refractivity contribution in [3.8, 4) is 22.6 Å². The van der Waals surface area contributed by atoms with Crippen LogP contribution in [0.5, 0.6) is 11.5 Å². The van der Waals surface area contributed by atoms with Crippen LogP contribution in [0.1, 0.15) is 56.9 Å². The van der Waals surface area contributed by atoms with Crippen LogP contribution in [0.4, 0.5) is 10.5 Å². The van der Waals surface area contributed by atoms with Crippen molar-refractivity contribution >= 4 is 11.8 Å². The summed E-state index contributed by atoms with van der Waals surface area (Å²) in [6.45, 7) is 14.2. The van der Waals surface area contributed by atoms with Crippen molar-refractivity contribution in [2.75, 3.05) is 5.32 Å². The Labute approximate surface area is 202 Å². The van der Waals surface area contributed by atoms with Gasteiger partial charge in [-0.1, -0.05) is 30.3 Å². The molecule has 0 fully saturated rings. The first-order valence-corrected chi connectivity index (χ1v) is 11.6. The van der Waals surface area contributed by atoms with E-state index in [0.717, 1.165) is 44.9 Å². The summed E-state index contributed by atoms with van der Waals surface area (Å²) < 4.78 is 18.0. The minimum atomic E-state index is -0.570. The maximum atomic E-state index is 12.3. The number of hydrogen-bond donors (Lipinski definition) is 1. The largest absolute Gasteiger partial charge is 0.489 e. The summed E-state index contributed by atoms with van der Waals surface area (Å²) in [7, 11) is 0. The Balaban J connectivity index is 1.67. The third-order valence-electron chi connectivity index (χ3n) is 5.82. The molecule has 3 aromatic carbocycles. The van der Waals surface area contributed by atoms with Gasteiger partial charge in [0.15, 0.2) is 0 Å². The summed E-state index contributed by atoms with van der Waals surface area (Å²) in [5.41, 5.74) is 5.84. The number of fused-ring (bicyclic) bond motifs is 3. The summed E-state index contributed by atoms with van der Waals surface area (Å²) >= 11 is 0. The molecule has 0 radical (unpaired) electrons. The highest BCUT2D eigenvalue weighted by Gasteiger charge is 2.34. The zero-order chi connectivity index (χ0) is 24.7. The predicted octanol–water partition coefficient (Wildman–Crippen LogP) is 7.52. The van der Waals surface area contributed by atoms with Gasteiger partial charge in [0.25, 0.3) is 0 Å². The summed E-state index contributed by atoms with van der Waals surface area (Å²) in [6.07, 6.45) is -0.484. The Morgan fingerprint density at radius 1 is 0.971 bits per heavy atom. The van der Waals surface area contributed by atoms with Gasteiger partial charge in [-0.3, -0.25) is 5.32 Å². The molecule has 0 bridgehead atoms. The van der Waals surface area contributed by atoms with Crippen LogP contribution in [-0.2, 0) is 16.9 Å². The van der Waals surface area contributed by atoms with E-state index in [1.807, 2.05) is 65.8 Å². The van der Waals surface area contributed by atoms with Crippen molar-refractivity contribution in [1.82, 2.24) is 0 Å². The summed E-state index contributed by atoms with van der Waals surface area (Å²) in [5, 5.41) is 2.86. The van der Waals surface area contributed by atoms with Gasteiger partial charge in [-0.05, 0) is 88.9 Å². The predicted molar refractivity (Wildman–Crippen MR) is 136 cm³/mol. The van der Waals surface area contributed by atoms with Gasteiger partial charge in [-0.2, -0.15) is 0 Å². The molecule has 1 N–H and O–H groups in total. The fourth-order valence-corrected chi connectivity index (χ4v) is 4.16. The van der Waals surface area contributed by atoms with Crippen LogP contribution in [0.3, 0.4) is 0 Å². The van der Waals surface area contributed by atoms with Gasteiger partial charge in [0, 0.05) is 17.2 Å². The van der Waals surface area contributed by atoms with Crippen molar-refractivity contribution in [2.45, 2.75) is 66.3 Å². The second-order valence-corrected chi connectivity index (χ2v) is 10.3. The lowest BCUT2D eigenvalue weighted by atomic mass is 9.84. The molecule has 1 heterocycles. The number of carbonyl (C=O) groups excluding carboxylic acids is 1. The third-order valence-corrected chi connectivity index (χ3v) is 5.82. The van der Waals surface area contributed by atoms with E-state index in [1.54, 1.807) is 0 Å². The van der Waals surface area contributed by atoms with E-state index < -0.39 is 17.3 Å². The van der Waals surface area contributed by atoms with Crippen LogP contribution < -0.4 is 14.8 Å². The van der Waals surface area contributed by atoms with Crippen molar-refractivity contribution < 1.29 is 19.0 Å². The second kappa shape index (κ2) is 8.71. The molecule has 0 spiro atoms. The number of ether oxygens (including phenoxy) is 3. The number of aryl methyl sites for hydroxylation is 2. The van der Waals surface area contributed by atoms with Gasteiger partial charge >= 0.3 is 6.09 Å². The Kier molecular flexibility index (Phi) is 6.07. The van der Waals surface area contributed by atoms with Gasteiger partial charge in [0.1, 0.15) is 29.3 Å². The van der Waals surface area contributed by atoms with Crippen molar-refractivity contribution in [2.24, 2.45) is 0 Å². The molecule has 5 heteroatoms. The smallest absolute Gasteiger partial charge is 0.412 e. The molecule has 3 aromatic rings. The maximum Gasteiger partial charge on any atom is 0.412 e. The van der Waals surface area contributed by atoms with E-state index in [-0.39, 0.29) is 0 Å². The fourth-order valence-electron chi connectivity index (χ4n) is 4.16. The number of hydrogen-bond acceptors (Lipinski definition) is 4. The normalized spacial score (nSPS) is 13.9. The molecule has 178 valence electrons. The van der Waals surface area contributed by atoms with Gasteiger partial charge in [-0.15, -0.1) is 0 Å². The Hall–Kier alpha value is -3.47. The average Bonchev–Trinajstić information content (AvgIpc) is 2.73. The standard InChI is InChI=1S/C29H33NO4/c1-18-13-22-21-14-19(2)25(32-17-20-11-9-8-10-12-20)15-23(21)29(6,7)33-26(22)16-24(18)30-27(31)34-28(3,4)5/h8-16H,17H2,1-7H3,(H,30,31). The fraction of sp³-hybridized carbons (Fsp3) is 0.345. The highest BCUT2D eigenvalue weighted by molar-refractivity contribution is 5.89. The van der Waals surface area contributed by atoms with Crippen LogP contribution in [0.2, 0.25) is 0 Å². The molecule has 0 unspecified atom stereocenters. The van der Waals surface area contributed by atoms with Crippen LogP contribution in [-0.4, -0.2) is 11.7 Å². The van der Waals surface area contributed by atoms with E-state index in [4.69, 9.17) is 14.2 Å². The molecule has 1 amide bonds. The van der Waals surface area contributed by atoms with Gasteiger partial charge < -0.3 is 14.2 Å². The Morgan fingerprint density at radius 3 is 2.32 bits per heavy atom. The van der Waals surface area contributed by atoms with E-state index in [2.05, 4.69) is 42.6 Å². The molecule has 1 aliphatic rings. The van der Waals surface area contributed by atoms with Crippen LogP contribution in [0, 0.1) is 13.8 Å². The van der Waals surface area contributed by atoms with Crippen molar-refractivity contribution in [3.63, 3.8) is 0 Å². The molecule has 5 nitrogen and oxygen atoms in total. The molecular weight excluding hydrogens is 426 g/mol. The van der Waals surface area contributed by atoms with Crippen LogP contribution in [0.25, 0.3) is 11.1 Å². The van der Waals surface area contributed by atoms with E-state index in [1.165, 1.54) is 0 Å². The Bertz CT molecular complexity index is 1220. The lowest BCUT2D eigenvalue weighted by Gasteiger charge is -2.36. The zero-order valence-electron chi connectivity index (χ0n) is 21.0. The molecule has 34 heavy (non-hydrogen) atoms. The number of anilines is 1.